The number of benzene rings is 2. The first-order chi connectivity index (χ1) is 11.0. The molecular formula is C18H15BrF2N2. The van der Waals surface area contributed by atoms with E-state index in [1.165, 1.54) is 0 Å². The molecule has 0 saturated carbocycles. The molecule has 0 N–H and O–H groups in total. The van der Waals surface area contributed by atoms with Crippen LogP contribution in [0.1, 0.15) is 18.9 Å². The second kappa shape index (κ2) is 5.13. The third-order valence-corrected chi connectivity index (χ3v) is 5.13. The van der Waals surface area contributed by atoms with Gasteiger partial charge in [-0.3, -0.25) is 0 Å². The minimum atomic E-state index is -2.34. The fourth-order valence-electron chi connectivity index (χ4n) is 3.60. The van der Waals surface area contributed by atoms with Gasteiger partial charge in [0.05, 0.1) is 11.0 Å². The SMILES string of the molecule is CC1(CC(F)F)Cn2c(nc3ccccc32)-c2ccc(Br)cc21. The molecule has 0 amide bonds. The van der Waals surface area contributed by atoms with Crippen molar-refractivity contribution in [3.63, 3.8) is 0 Å². The average Bonchev–Trinajstić information content (AvgIpc) is 2.85. The lowest BCUT2D eigenvalue weighted by Gasteiger charge is -2.37. The van der Waals surface area contributed by atoms with Crippen LogP contribution in [-0.2, 0) is 12.0 Å². The van der Waals surface area contributed by atoms with E-state index in [1.807, 2.05) is 49.4 Å². The smallest absolute Gasteiger partial charge is 0.239 e. The van der Waals surface area contributed by atoms with Crippen molar-refractivity contribution < 1.29 is 8.78 Å². The van der Waals surface area contributed by atoms with Crippen molar-refractivity contribution in [2.45, 2.75) is 31.7 Å². The molecular weight excluding hydrogens is 362 g/mol. The van der Waals surface area contributed by atoms with E-state index in [2.05, 4.69) is 20.5 Å². The standard InChI is InChI=1S/C18H15BrF2N2/c1-18(9-16(20)21)10-23-15-5-3-2-4-14(15)22-17(23)12-7-6-11(19)8-13(12)18/h2-8,16H,9-10H2,1H3. The highest BCUT2D eigenvalue weighted by atomic mass is 79.9. The van der Waals surface area contributed by atoms with Gasteiger partial charge in [-0.1, -0.05) is 35.0 Å². The van der Waals surface area contributed by atoms with E-state index in [0.717, 1.165) is 32.5 Å². The van der Waals surface area contributed by atoms with Crippen LogP contribution in [0, 0.1) is 0 Å². The Hall–Kier alpha value is -1.75. The van der Waals surface area contributed by atoms with Crippen molar-refractivity contribution in [1.29, 1.82) is 0 Å². The Morgan fingerprint density at radius 3 is 2.83 bits per heavy atom. The van der Waals surface area contributed by atoms with Crippen molar-refractivity contribution in [2.24, 2.45) is 0 Å². The number of alkyl halides is 2. The van der Waals surface area contributed by atoms with Crippen molar-refractivity contribution in [3.05, 3.63) is 52.5 Å². The summed E-state index contributed by atoms with van der Waals surface area (Å²) in [7, 11) is 0. The maximum atomic E-state index is 13.2. The van der Waals surface area contributed by atoms with Crippen molar-refractivity contribution >= 4 is 27.0 Å². The molecule has 0 radical (unpaired) electrons. The number of imidazole rings is 1. The molecule has 0 bridgehead atoms. The highest BCUT2D eigenvalue weighted by Gasteiger charge is 2.38. The normalized spacial score (nSPS) is 19.9. The van der Waals surface area contributed by atoms with E-state index in [0.29, 0.717) is 6.54 Å². The summed E-state index contributed by atoms with van der Waals surface area (Å²) in [6, 6.07) is 13.7. The molecule has 0 aliphatic carbocycles. The lowest BCUT2D eigenvalue weighted by atomic mass is 9.75. The highest BCUT2D eigenvalue weighted by molar-refractivity contribution is 9.10. The minimum Gasteiger partial charge on any atom is -0.323 e. The van der Waals surface area contributed by atoms with Gasteiger partial charge >= 0.3 is 0 Å². The van der Waals surface area contributed by atoms with Gasteiger partial charge < -0.3 is 4.57 Å². The van der Waals surface area contributed by atoms with Crippen LogP contribution in [0.25, 0.3) is 22.4 Å². The van der Waals surface area contributed by atoms with Crippen molar-refractivity contribution in [3.8, 4) is 11.4 Å². The molecule has 1 aliphatic heterocycles. The quantitative estimate of drug-likeness (QED) is 0.585. The Morgan fingerprint density at radius 1 is 1.26 bits per heavy atom. The van der Waals surface area contributed by atoms with Gasteiger partial charge in [-0.2, -0.15) is 0 Å². The van der Waals surface area contributed by atoms with E-state index in [9.17, 15) is 8.78 Å². The third-order valence-electron chi connectivity index (χ3n) is 4.64. The Kier molecular flexibility index (Phi) is 3.30. The van der Waals surface area contributed by atoms with Gasteiger partial charge in [-0.25, -0.2) is 13.8 Å². The Labute approximate surface area is 141 Å². The maximum Gasteiger partial charge on any atom is 0.239 e. The number of nitrogens with zero attached hydrogens (tertiary/aromatic N) is 2. The van der Waals surface area contributed by atoms with E-state index >= 15 is 0 Å². The Morgan fingerprint density at radius 2 is 2.04 bits per heavy atom. The van der Waals surface area contributed by atoms with Crippen molar-refractivity contribution in [1.82, 2.24) is 9.55 Å². The molecule has 3 aromatic rings. The van der Waals surface area contributed by atoms with Gasteiger partial charge in [0, 0.05) is 28.4 Å². The summed E-state index contributed by atoms with van der Waals surface area (Å²) in [6.45, 7) is 2.43. The van der Waals surface area contributed by atoms with Crippen LogP contribution < -0.4 is 0 Å². The largest absolute Gasteiger partial charge is 0.323 e. The van der Waals surface area contributed by atoms with Gasteiger partial charge in [0.25, 0.3) is 0 Å². The average molecular weight is 377 g/mol. The summed E-state index contributed by atoms with van der Waals surface area (Å²) >= 11 is 3.47. The molecule has 0 spiro atoms. The monoisotopic (exact) mass is 376 g/mol. The summed E-state index contributed by atoms with van der Waals surface area (Å²) in [6.07, 6.45) is -2.51. The van der Waals surface area contributed by atoms with Crippen LogP contribution in [0.5, 0.6) is 0 Å². The van der Waals surface area contributed by atoms with E-state index in [4.69, 9.17) is 4.98 Å². The number of halogens is 3. The van der Waals surface area contributed by atoms with Crippen molar-refractivity contribution in [2.75, 3.05) is 0 Å². The zero-order chi connectivity index (χ0) is 16.2. The summed E-state index contributed by atoms with van der Waals surface area (Å²) in [4.78, 5) is 4.73. The third kappa shape index (κ3) is 2.29. The zero-order valence-electron chi connectivity index (χ0n) is 12.6. The molecule has 23 heavy (non-hydrogen) atoms. The molecule has 1 aromatic heterocycles. The molecule has 4 rings (SSSR count). The number of aromatic nitrogens is 2. The number of rotatable bonds is 2. The van der Waals surface area contributed by atoms with Gasteiger partial charge in [0.15, 0.2) is 0 Å². The van der Waals surface area contributed by atoms with Gasteiger partial charge in [-0.15, -0.1) is 0 Å². The second-order valence-corrected chi connectivity index (χ2v) is 7.27. The predicted octanol–water partition coefficient (Wildman–Crippen LogP) is 5.39. The fourth-order valence-corrected chi connectivity index (χ4v) is 3.96. The Balaban J connectivity index is 2.01. The number of fused-ring (bicyclic) bond motifs is 5. The molecule has 2 aromatic carbocycles. The topological polar surface area (TPSA) is 17.8 Å². The first kappa shape index (κ1) is 14.8. The first-order valence-electron chi connectivity index (χ1n) is 7.52. The maximum absolute atomic E-state index is 13.2. The summed E-state index contributed by atoms with van der Waals surface area (Å²) in [5, 5.41) is 0. The second-order valence-electron chi connectivity index (χ2n) is 6.36. The lowest BCUT2D eigenvalue weighted by Crippen LogP contribution is -2.34. The molecule has 2 heterocycles. The Bertz CT molecular complexity index is 903. The fraction of sp³-hybridized carbons (Fsp3) is 0.278. The van der Waals surface area contributed by atoms with E-state index in [1.54, 1.807) is 0 Å². The predicted molar refractivity (Wildman–Crippen MR) is 90.8 cm³/mol. The molecule has 2 nitrogen and oxygen atoms in total. The summed E-state index contributed by atoms with van der Waals surface area (Å²) in [5.41, 5.74) is 3.16. The van der Waals surface area contributed by atoms with Crippen LogP contribution in [0.15, 0.2) is 46.9 Å². The van der Waals surface area contributed by atoms with Gasteiger partial charge in [0.2, 0.25) is 6.43 Å². The molecule has 1 atom stereocenters. The van der Waals surface area contributed by atoms with E-state index < -0.39 is 11.8 Å². The first-order valence-corrected chi connectivity index (χ1v) is 8.31. The molecule has 5 heteroatoms. The van der Waals surface area contributed by atoms with Crippen LogP contribution in [0.3, 0.4) is 0 Å². The van der Waals surface area contributed by atoms with Crippen LogP contribution in [0.4, 0.5) is 8.78 Å². The zero-order valence-corrected chi connectivity index (χ0v) is 14.1. The molecule has 1 aliphatic rings. The molecule has 118 valence electrons. The molecule has 0 fully saturated rings. The van der Waals surface area contributed by atoms with Gasteiger partial charge in [-0.05, 0) is 35.9 Å². The number of para-hydroxylation sites is 2. The number of hydrogen-bond acceptors (Lipinski definition) is 1. The van der Waals surface area contributed by atoms with Crippen LogP contribution in [0.2, 0.25) is 0 Å². The summed E-state index contributed by atoms with van der Waals surface area (Å²) in [5.74, 6) is 0.862. The molecule has 0 saturated heterocycles. The molecule has 1 unspecified atom stereocenters. The minimum absolute atomic E-state index is 0.164. The lowest BCUT2D eigenvalue weighted by molar-refractivity contribution is 0.101. The van der Waals surface area contributed by atoms with Crippen LogP contribution in [-0.4, -0.2) is 16.0 Å². The van der Waals surface area contributed by atoms with E-state index in [-0.39, 0.29) is 6.42 Å². The highest BCUT2D eigenvalue weighted by Crippen LogP contribution is 2.45. The number of hydrogen-bond donors (Lipinski definition) is 0. The van der Waals surface area contributed by atoms with Gasteiger partial charge in [0.1, 0.15) is 5.82 Å². The van der Waals surface area contributed by atoms with Crippen LogP contribution >= 0.6 is 15.9 Å². The summed E-state index contributed by atoms with van der Waals surface area (Å²) < 4.78 is 29.5.